The predicted molar refractivity (Wildman–Crippen MR) is 122 cm³/mol. The number of guanidine groups is 1. The van der Waals surface area contributed by atoms with Crippen molar-refractivity contribution in [2.75, 3.05) is 45.2 Å². The molecule has 1 heterocycles. The fraction of sp³-hybridized carbons (Fsp3) is 0.652. The number of benzene rings is 1. The van der Waals surface area contributed by atoms with Crippen LogP contribution in [0.25, 0.3) is 0 Å². The van der Waals surface area contributed by atoms with Gasteiger partial charge in [-0.1, -0.05) is 19.1 Å². The molecule has 0 bridgehead atoms. The van der Waals surface area contributed by atoms with Crippen LogP contribution in [0.5, 0.6) is 0 Å². The van der Waals surface area contributed by atoms with Crippen molar-refractivity contribution in [3.8, 4) is 0 Å². The van der Waals surface area contributed by atoms with Crippen molar-refractivity contribution in [1.82, 2.24) is 15.5 Å². The number of ether oxygens (including phenoxy) is 1. The highest BCUT2D eigenvalue weighted by atomic mass is 16.5. The van der Waals surface area contributed by atoms with E-state index in [-0.39, 0.29) is 5.91 Å². The van der Waals surface area contributed by atoms with E-state index in [4.69, 9.17) is 4.74 Å². The molecule has 7 heteroatoms. The zero-order valence-electron chi connectivity index (χ0n) is 18.5. The Balaban J connectivity index is 1.42. The van der Waals surface area contributed by atoms with Gasteiger partial charge in [0.05, 0.1) is 13.2 Å². The van der Waals surface area contributed by atoms with Gasteiger partial charge in [-0.05, 0) is 49.3 Å². The summed E-state index contributed by atoms with van der Waals surface area (Å²) in [5.74, 6) is 1.73. The second kappa shape index (κ2) is 11.9. The van der Waals surface area contributed by atoms with Crippen molar-refractivity contribution >= 4 is 17.6 Å². The molecule has 0 unspecified atom stereocenters. The molecule has 1 saturated carbocycles. The zero-order chi connectivity index (χ0) is 21.2. The van der Waals surface area contributed by atoms with Gasteiger partial charge in [-0.2, -0.15) is 0 Å². The van der Waals surface area contributed by atoms with Gasteiger partial charge in [0.1, 0.15) is 0 Å². The van der Waals surface area contributed by atoms with E-state index in [1.165, 1.54) is 25.7 Å². The maximum absolute atomic E-state index is 12.3. The van der Waals surface area contributed by atoms with Crippen molar-refractivity contribution in [2.45, 2.75) is 51.6 Å². The summed E-state index contributed by atoms with van der Waals surface area (Å²) < 4.78 is 5.35. The topological polar surface area (TPSA) is 78.0 Å². The van der Waals surface area contributed by atoms with Crippen LogP contribution in [0.2, 0.25) is 0 Å². The summed E-state index contributed by atoms with van der Waals surface area (Å²) in [5.41, 5.74) is 1.95. The summed E-state index contributed by atoms with van der Waals surface area (Å²) in [6, 6.07) is 8.51. The Kier molecular flexibility index (Phi) is 8.96. The van der Waals surface area contributed by atoms with Gasteiger partial charge >= 0.3 is 0 Å². The number of rotatable bonds is 7. The minimum Gasteiger partial charge on any atom is -0.379 e. The van der Waals surface area contributed by atoms with E-state index in [1.807, 2.05) is 25.2 Å². The van der Waals surface area contributed by atoms with Gasteiger partial charge in [-0.15, -0.1) is 0 Å². The van der Waals surface area contributed by atoms with Crippen LogP contribution in [-0.4, -0.2) is 62.7 Å². The molecule has 1 saturated heterocycles. The number of carbonyl (C=O) groups is 1. The van der Waals surface area contributed by atoms with E-state index in [0.717, 1.165) is 56.0 Å². The van der Waals surface area contributed by atoms with Crippen molar-refractivity contribution < 1.29 is 9.53 Å². The van der Waals surface area contributed by atoms with Crippen LogP contribution in [0.4, 0.5) is 5.69 Å². The average Bonchev–Trinajstić information content (AvgIpc) is 2.77. The molecule has 1 aliphatic carbocycles. The average molecular weight is 416 g/mol. The molecular weight excluding hydrogens is 378 g/mol. The third-order valence-electron chi connectivity index (χ3n) is 6.01. The second-order valence-corrected chi connectivity index (χ2v) is 8.48. The Hall–Kier alpha value is -2.12. The first-order valence-corrected chi connectivity index (χ1v) is 11.3. The van der Waals surface area contributed by atoms with Gasteiger partial charge in [0.15, 0.2) is 5.96 Å². The van der Waals surface area contributed by atoms with E-state index in [9.17, 15) is 4.79 Å². The maximum atomic E-state index is 12.3. The standard InChI is InChI=1S/C23H37N5O2/c1-18-6-8-20(9-7-18)27-23(24-2)25-17-19-4-3-5-21(16-19)26-22(29)10-11-28-12-14-30-15-13-28/h3-5,16,18,20H,6-15,17H2,1-2H3,(H,26,29)(H2,24,25,27). The first-order valence-electron chi connectivity index (χ1n) is 11.3. The lowest BCUT2D eigenvalue weighted by Gasteiger charge is -2.28. The molecule has 1 aliphatic heterocycles. The van der Waals surface area contributed by atoms with Crippen LogP contribution in [0.1, 0.15) is 44.6 Å². The lowest BCUT2D eigenvalue weighted by Crippen LogP contribution is -2.44. The molecule has 0 aromatic heterocycles. The number of nitrogens with one attached hydrogen (secondary N) is 3. The largest absolute Gasteiger partial charge is 0.379 e. The molecule has 166 valence electrons. The van der Waals surface area contributed by atoms with Gasteiger partial charge in [0, 0.05) is 51.4 Å². The van der Waals surface area contributed by atoms with Crippen LogP contribution in [0, 0.1) is 5.92 Å². The zero-order valence-corrected chi connectivity index (χ0v) is 18.5. The molecule has 0 spiro atoms. The number of anilines is 1. The number of carbonyl (C=O) groups excluding carboxylic acids is 1. The predicted octanol–water partition coefficient (Wildman–Crippen LogP) is 2.59. The number of morpholine rings is 1. The summed E-state index contributed by atoms with van der Waals surface area (Å²) in [6.45, 7) is 7.10. The fourth-order valence-electron chi connectivity index (χ4n) is 4.05. The highest BCUT2D eigenvalue weighted by Crippen LogP contribution is 2.23. The number of amides is 1. The maximum Gasteiger partial charge on any atom is 0.225 e. The van der Waals surface area contributed by atoms with Gasteiger partial charge in [-0.3, -0.25) is 14.7 Å². The smallest absolute Gasteiger partial charge is 0.225 e. The molecule has 1 amide bonds. The monoisotopic (exact) mass is 415 g/mol. The normalized spacial score (nSPS) is 23.1. The molecular formula is C23H37N5O2. The highest BCUT2D eigenvalue weighted by molar-refractivity contribution is 5.90. The van der Waals surface area contributed by atoms with Gasteiger partial charge in [0.2, 0.25) is 5.91 Å². The van der Waals surface area contributed by atoms with E-state index < -0.39 is 0 Å². The van der Waals surface area contributed by atoms with Crippen LogP contribution in [0.15, 0.2) is 29.3 Å². The van der Waals surface area contributed by atoms with Crippen molar-refractivity contribution in [3.63, 3.8) is 0 Å². The van der Waals surface area contributed by atoms with Gasteiger partial charge in [-0.25, -0.2) is 0 Å². The number of nitrogens with zero attached hydrogens (tertiary/aromatic N) is 2. The third kappa shape index (κ3) is 7.61. The number of hydrogen-bond donors (Lipinski definition) is 3. The van der Waals surface area contributed by atoms with Crippen LogP contribution in [0.3, 0.4) is 0 Å². The van der Waals surface area contributed by atoms with Crippen molar-refractivity contribution in [2.24, 2.45) is 10.9 Å². The van der Waals surface area contributed by atoms with E-state index in [2.05, 4.69) is 38.8 Å². The number of hydrogen-bond acceptors (Lipinski definition) is 4. The van der Waals surface area contributed by atoms with E-state index in [0.29, 0.717) is 19.0 Å². The minimum atomic E-state index is 0.0515. The first-order chi connectivity index (χ1) is 14.6. The van der Waals surface area contributed by atoms with E-state index >= 15 is 0 Å². The van der Waals surface area contributed by atoms with Crippen LogP contribution >= 0.6 is 0 Å². The summed E-state index contributed by atoms with van der Waals surface area (Å²) in [6.07, 6.45) is 5.46. The lowest BCUT2D eigenvalue weighted by molar-refractivity contribution is -0.116. The van der Waals surface area contributed by atoms with Crippen molar-refractivity contribution in [1.29, 1.82) is 0 Å². The molecule has 0 atom stereocenters. The molecule has 1 aromatic carbocycles. The SMILES string of the molecule is CN=C(NCc1cccc(NC(=O)CCN2CCOCC2)c1)NC1CCC(C)CC1. The van der Waals surface area contributed by atoms with Gasteiger partial charge < -0.3 is 20.7 Å². The highest BCUT2D eigenvalue weighted by Gasteiger charge is 2.19. The van der Waals surface area contributed by atoms with Crippen molar-refractivity contribution in [3.05, 3.63) is 29.8 Å². The first kappa shape index (κ1) is 22.6. The Labute approximate surface area is 180 Å². The Morgan fingerprint density at radius 1 is 1.20 bits per heavy atom. The molecule has 2 aliphatic rings. The Morgan fingerprint density at radius 3 is 2.70 bits per heavy atom. The summed E-state index contributed by atoms with van der Waals surface area (Å²) in [4.78, 5) is 18.9. The molecule has 3 N–H and O–H groups in total. The molecule has 30 heavy (non-hydrogen) atoms. The van der Waals surface area contributed by atoms with Crippen LogP contribution < -0.4 is 16.0 Å². The van der Waals surface area contributed by atoms with E-state index in [1.54, 1.807) is 0 Å². The second-order valence-electron chi connectivity index (χ2n) is 8.48. The fourth-order valence-corrected chi connectivity index (χ4v) is 4.05. The molecule has 7 nitrogen and oxygen atoms in total. The molecule has 2 fully saturated rings. The Morgan fingerprint density at radius 2 is 1.97 bits per heavy atom. The van der Waals surface area contributed by atoms with Crippen LogP contribution in [-0.2, 0) is 16.1 Å². The molecule has 1 aromatic rings. The summed E-state index contributed by atoms with van der Waals surface area (Å²) in [7, 11) is 1.81. The lowest BCUT2D eigenvalue weighted by atomic mass is 9.87. The molecule has 3 rings (SSSR count). The quantitative estimate of drug-likeness (QED) is 0.471. The Bertz CT molecular complexity index is 695. The van der Waals surface area contributed by atoms with Gasteiger partial charge in [0.25, 0.3) is 0 Å². The summed E-state index contributed by atoms with van der Waals surface area (Å²) >= 11 is 0. The number of aliphatic imine (C=N–C) groups is 1. The minimum absolute atomic E-state index is 0.0515. The summed E-state index contributed by atoms with van der Waals surface area (Å²) in [5, 5.41) is 9.97. The third-order valence-corrected chi connectivity index (χ3v) is 6.01. The molecule has 0 radical (unpaired) electrons.